The van der Waals surface area contributed by atoms with E-state index < -0.39 is 17.5 Å². The van der Waals surface area contributed by atoms with Crippen LogP contribution in [0.3, 0.4) is 0 Å². The molecule has 0 spiro atoms. The number of piperidine rings is 1. The van der Waals surface area contributed by atoms with E-state index in [1.807, 2.05) is 24.0 Å². The van der Waals surface area contributed by atoms with Crippen molar-refractivity contribution in [3.8, 4) is 0 Å². The minimum absolute atomic E-state index is 0.141. The molecule has 27 heavy (non-hydrogen) atoms. The van der Waals surface area contributed by atoms with Gasteiger partial charge in [-0.1, -0.05) is 18.9 Å². The average Bonchev–Trinajstić information content (AvgIpc) is 3.43. The topological polar surface area (TPSA) is 95.1 Å². The van der Waals surface area contributed by atoms with Crippen LogP contribution < -0.4 is 5.56 Å². The number of aromatic nitrogens is 2. The van der Waals surface area contributed by atoms with Gasteiger partial charge in [-0.15, -0.1) is 0 Å². The fourth-order valence-electron chi connectivity index (χ4n) is 4.25. The standard InChI is InChI=1S/C20H25N3O4/c1-13-3-2-7-23-17(25)9-15(21-18(13)23)11-22-8-6-16(24)20(12-22,19(26)27)10-14-4-5-14/h2-3,7,9,14,16,24H,4-6,8,10-12H2,1H3,(H,26,27)/t16-,20-/m0/s1. The van der Waals surface area contributed by atoms with E-state index >= 15 is 0 Å². The Morgan fingerprint density at radius 1 is 1.37 bits per heavy atom. The van der Waals surface area contributed by atoms with Crippen LogP contribution in [0.15, 0.2) is 29.2 Å². The molecule has 0 radical (unpaired) electrons. The van der Waals surface area contributed by atoms with Crippen LogP contribution in [0, 0.1) is 18.3 Å². The van der Waals surface area contributed by atoms with Crippen LogP contribution in [0.25, 0.3) is 5.65 Å². The Hall–Kier alpha value is -2.25. The van der Waals surface area contributed by atoms with Gasteiger partial charge in [0, 0.05) is 31.9 Å². The zero-order valence-electron chi connectivity index (χ0n) is 15.5. The predicted octanol–water partition coefficient (Wildman–Crippen LogP) is 1.44. The van der Waals surface area contributed by atoms with Crippen LogP contribution in [-0.2, 0) is 11.3 Å². The fraction of sp³-hybridized carbons (Fsp3) is 0.550. The van der Waals surface area contributed by atoms with Crippen molar-refractivity contribution in [2.75, 3.05) is 13.1 Å². The number of rotatable bonds is 5. The zero-order valence-corrected chi connectivity index (χ0v) is 15.5. The number of nitrogens with zero attached hydrogens (tertiary/aromatic N) is 3. The number of aliphatic hydroxyl groups excluding tert-OH is 1. The molecule has 0 amide bonds. The van der Waals surface area contributed by atoms with Gasteiger partial charge in [-0.2, -0.15) is 0 Å². The van der Waals surface area contributed by atoms with Gasteiger partial charge in [0.15, 0.2) is 0 Å². The fourth-order valence-corrected chi connectivity index (χ4v) is 4.25. The summed E-state index contributed by atoms with van der Waals surface area (Å²) in [7, 11) is 0. The first-order valence-corrected chi connectivity index (χ1v) is 9.51. The average molecular weight is 371 g/mol. The number of likely N-dealkylation sites (tertiary alicyclic amines) is 1. The van der Waals surface area contributed by atoms with Crippen molar-refractivity contribution in [1.29, 1.82) is 0 Å². The summed E-state index contributed by atoms with van der Waals surface area (Å²) >= 11 is 0. The SMILES string of the molecule is Cc1cccn2c(=O)cc(CN3CC[C@H](O)[C@@](CC4CC4)(C(=O)O)C3)nc12. The van der Waals surface area contributed by atoms with Crippen LogP contribution in [0.2, 0.25) is 0 Å². The van der Waals surface area contributed by atoms with Crippen molar-refractivity contribution in [3.05, 3.63) is 46.0 Å². The van der Waals surface area contributed by atoms with Gasteiger partial charge in [-0.25, -0.2) is 4.98 Å². The minimum Gasteiger partial charge on any atom is -0.481 e. The molecule has 2 N–H and O–H groups in total. The number of carboxylic acids is 1. The third-order valence-corrected chi connectivity index (χ3v) is 5.96. The van der Waals surface area contributed by atoms with Crippen LogP contribution in [0.5, 0.6) is 0 Å². The Labute approximate surface area is 157 Å². The van der Waals surface area contributed by atoms with Crippen LogP contribution in [0.4, 0.5) is 0 Å². The van der Waals surface area contributed by atoms with E-state index in [0.717, 1.165) is 18.4 Å². The number of pyridine rings is 1. The highest BCUT2D eigenvalue weighted by Crippen LogP contribution is 2.45. The van der Waals surface area contributed by atoms with E-state index in [9.17, 15) is 19.8 Å². The second kappa shape index (κ2) is 6.73. The molecule has 144 valence electrons. The first-order chi connectivity index (χ1) is 12.9. The third-order valence-electron chi connectivity index (χ3n) is 5.96. The molecule has 2 aliphatic rings. The lowest BCUT2D eigenvalue weighted by molar-refractivity contribution is -0.165. The molecular weight excluding hydrogens is 346 g/mol. The molecule has 1 aliphatic carbocycles. The van der Waals surface area contributed by atoms with E-state index in [1.165, 1.54) is 10.5 Å². The summed E-state index contributed by atoms with van der Waals surface area (Å²) in [5.41, 5.74) is 0.912. The molecule has 1 aliphatic heterocycles. The minimum atomic E-state index is -1.12. The zero-order chi connectivity index (χ0) is 19.2. The van der Waals surface area contributed by atoms with Gasteiger partial charge < -0.3 is 10.2 Å². The Morgan fingerprint density at radius 3 is 2.85 bits per heavy atom. The quantitative estimate of drug-likeness (QED) is 0.826. The maximum atomic E-state index is 12.4. The van der Waals surface area contributed by atoms with Crippen molar-refractivity contribution >= 4 is 11.6 Å². The Bertz CT molecular complexity index is 936. The Balaban J connectivity index is 1.61. The van der Waals surface area contributed by atoms with Gasteiger partial charge >= 0.3 is 5.97 Å². The molecule has 2 aromatic rings. The summed E-state index contributed by atoms with van der Waals surface area (Å²) in [6.45, 7) is 3.20. The lowest BCUT2D eigenvalue weighted by Crippen LogP contribution is -2.56. The smallest absolute Gasteiger partial charge is 0.313 e. The highest BCUT2D eigenvalue weighted by molar-refractivity contribution is 5.76. The molecule has 0 aromatic carbocycles. The van der Waals surface area contributed by atoms with Gasteiger partial charge in [-0.3, -0.25) is 18.9 Å². The lowest BCUT2D eigenvalue weighted by atomic mass is 9.73. The summed E-state index contributed by atoms with van der Waals surface area (Å²) in [6.07, 6.45) is 3.90. The van der Waals surface area contributed by atoms with E-state index in [0.29, 0.717) is 43.2 Å². The van der Waals surface area contributed by atoms with Gasteiger partial charge in [0.2, 0.25) is 0 Å². The summed E-state index contributed by atoms with van der Waals surface area (Å²) in [4.78, 5) is 31.1. The first-order valence-electron chi connectivity index (χ1n) is 9.51. The van der Waals surface area contributed by atoms with Crippen molar-refractivity contribution in [3.63, 3.8) is 0 Å². The van der Waals surface area contributed by atoms with Gasteiger partial charge in [0.1, 0.15) is 11.1 Å². The summed E-state index contributed by atoms with van der Waals surface area (Å²) < 4.78 is 1.52. The molecule has 0 bridgehead atoms. The Kier molecular flexibility index (Phi) is 4.52. The first kappa shape index (κ1) is 18.1. The second-order valence-corrected chi connectivity index (χ2v) is 8.09. The molecular formula is C20H25N3O4. The molecule has 4 rings (SSSR count). The summed E-state index contributed by atoms with van der Waals surface area (Å²) in [6, 6.07) is 5.24. The largest absolute Gasteiger partial charge is 0.481 e. The highest BCUT2D eigenvalue weighted by Gasteiger charge is 2.51. The monoisotopic (exact) mass is 371 g/mol. The van der Waals surface area contributed by atoms with E-state index in [-0.39, 0.29) is 12.1 Å². The molecule has 2 aromatic heterocycles. The number of carboxylic acid groups (broad SMARTS) is 1. The van der Waals surface area contributed by atoms with Crippen LogP contribution >= 0.6 is 0 Å². The summed E-state index contributed by atoms with van der Waals surface area (Å²) in [5, 5.41) is 20.4. The van der Waals surface area contributed by atoms with Crippen LogP contribution in [0.1, 0.15) is 36.9 Å². The number of aryl methyl sites for hydroxylation is 1. The number of hydrogen-bond acceptors (Lipinski definition) is 5. The number of carbonyl (C=O) groups is 1. The van der Waals surface area contributed by atoms with Gasteiger partial charge in [0.05, 0.1) is 11.8 Å². The number of aliphatic carboxylic acids is 1. The van der Waals surface area contributed by atoms with Gasteiger partial charge in [-0.05, 0) is 37.3 Å². The van der Waals surface area contributed by atoms with E-state index in [2.05, 4.69) is 4.98 Å². The number of aliphatic hydroxyl groups is 1. The van der Waals surface area contributed by atoms with E-state index in [1.54, 1.807) is 6.20 Å². The van der Waals surface area contributed by atoms with Crippen molar-refractivity contribution in [2.45, 2.75) is 45.3 Å². The van der Waals surface area contributed by atoms with Crippen molar-refractivity contribution < 1.29 is 15.0 Å². The molecule has 0 unspecified atom stereocenters. The second-order valence-electron chi connectivity index (χ2n) is 8.09. The van der Waals surface area contributed by atoms with Crippen molar-refractivity contribution in [2.24, 2.45) is 11.3 Å². The van der Waals surface area contributed by atoms with Crippen molar-refractivity contribution in [1.82, 2.24) is 14.3 Å². The number of hydrogen-bond donors (Lipinski definition) is 2. The predicted molar refractivity (Wildman–Crippen MR) is 99.5 cm³/mol. The highest BCUT2D eigenvalue weighted by atomic mass is 16.4. The molecule has 2 atom stereocenters. The van der Waals surface area contributed by atoms with E-state index in [4.69, 9.17) is 0 Å². The molecule has 2 fully saturated rings. The molecule has 7 nitrogen and oxygen atoms in total. The maximum Gasteiger partial charge on any atom is 0.313 e. The Morgan fingerprint density at radius 2 is 2.15 bits per heavy atom. The normalized spacial score (nSPS) is 26.4. The summed E-state index contributed by atoms with van der Waals surface area (Å²) in [5.74, 6) is -0.518. The molecule has 3 heterocycles. The number of fused-ring (bicyclic) bond motifs is 1. The maximum absolute atomic E-state index is 12.4. The molecule has 1 saturated heterocycles. The molecule has 7 heteroatoms. The molecule has 1 saturated carbocycles. The third kappa shape index (κ3) is 3.37. The lowest BCUT2D eigenvalue weighted by Gasteiger charge is -2.43. The van der Waals surface area contributed by atoms with Crippen LogP contribution in [-0.4, -0.2) is 49.7 Å². The van der Waals surface area contributed by atoms with Gasteiger partial charge in [0.25, 0.3) is 5.56 Å².